The van der Waals surface area contributed by atoms with E-state index in [2.05, 4.69) is 20.6 Å². The fourth-order valence-electron chi connectivity index (χ4n) is 2.31. The van der Waals surface area contributed by atoms with Crippen LogP contribution >= 0.6 is 0 Å². The predicted molar refractivity (Wildman–Crippen MR) is 95.9 cm³/mol. The number of para-hydroxylation sites is 1. The van der Waals surface area contributed by atoms with Crippen molar-refractivity contribution in [2.75, 3.05) is 10.6 Å². The maximum Gasteiger partial charge on any atom is 0.418 e. The van der Waals surface area contributed by atoms with E-state index in [1.54, 1.807) is 24.3 Å². The number of aromatic nitrogens is 2. The molecule has 1 amide bonds. The van der Waals surface area contributed by atoms with Gasteiger partial charge in [-0.1, -0.05) is 12.1 Å². The van der Waals surface area contributed by atoms with Crippen LogP contribution in [0.5, 0.6) is 0 Å². The van der Waals surface area contributed by atoms with Gasteiger partial charge in [0.2, 0.25) is 0 Å². The number of alkyl halides is 3. The Morgan fingerprint density at radius 1 is 1.00 bits per heavy atom. The fraction of sp³-hybridized carbons (Fsp3) is 0.0526. The van der Waals surface area contributed by atoms with Gasteiger partial charge in [-0.3, -0.25) is 4.79 Å². The van der Waals surface area contributed by atoms with Gasteiger partial charge in [-0.25, -0.2) is 9.97 Å². The quantitative estimate of drug-likeness (QED) is 0.698. The molecule has 0 aliphatic heterocycles. The number of anilines is 3. The lowest BCUT2D eigenvalue weighted by molar-refractivity contribution is -0.136. The molecule has 3 rings (SSSR count). The third-order valence-corrected chi connectivity index (χ3v) is 3.65. The van der Waals surface area contributed by atoms with Crippen LogP contribution in [0.1, 0.15) is 21.6 Å². The summed E-state index contributed by atoms with van der Waals surface area (Å²) in [6, 6.07) is 13.2. The smallest absolute Gasteiger partial charge is 0.338 e. The van der Waals surface area contributed by atoms with E-state index in [0.717, 1.165) is 12.3 Å². The van der Waals surface area contributed by atoms with E-state index in [1.807, 2.05) is 6.07 Å². The first kappa shape index (κ1) is 18.8. The molecule has 0 radical (unpaired) electrons. The largest absolute Gasteiger partial charge is 0.418 e. The Kier molecular flexibility index (Phi) is 5.22. The molecule has 0 unspecified atom stereocenters. The number of halogens is 3. The molecular weight excluding hydrogens is 371 g/mol. The molecule has 0 aliphatic carbocycles. The maximum atomic E-state index is 13.0. The lowest BCUT2D eigenvalue weighted by atomic mass is 10.1. The van der Waals surface area contributed by atoms with E-state index < -0.39 is 17.6 Å². The van der Waals surface area contributed by atoms with Gasteiger partial charge < -0.3 is 10.6 Å². The number of rotatable bonds is 4. The molecule has 2 aromatic carbocycles. The van der Waals surface area contributed by atoms with Gasteiger partial charge in [0.25, 0.3) is 5.91 Å². The van der Waals surface area contributed by atoms with Crippen molar-refractivity contribution in [1.29, 1.82) is 5.26 Å². The third-order valence-electron chi connectivity index (χ3n) is 3.65. The number of hydrogen-bond donors (Lipinski definition) is 2. The number of nitrogens with zero attached hydrogens (tertiary/aromatic N) is 3. The average molecular weight is 383 g/mol. The summed E-state index contributed by atoms with van der Waals surface area (Å²) >= 11 is 0. The zero-order valence-electron chi connectivity index (χ0n) is 14.2. The number of benzene rings is 2. The Morgan fingerprint density at radius 3 is 2.32 bits per heavy atom. The number of carbonyl (C=O) groups excluding carboxylic acids is 1. The first-order chi connectivity index (χ1) is 13.4. The summed E-state index contributed by atoms with van der Waals surface area (Å²) in [7, 11) is 0. The molecule has 0 saturated heterocycles. The lowest BCUT2D eigenvalue weighted by Crippen LogP contribution is -2.14. The van der Waals surface area contributed by atoms with E-state index in [1.165, 1.54) is 24.4 Å². The molecule has 3 aromatic rings. The number of hydrogen-bond acceptors (Lipinski definition) is 5. The fourth-order valence-corrected chi connectivity index (χ4v) is 2.31. The van der Waals surface area contributed by atoms with Gasteiger partial charge in [0.1, 0.15) is 11.5 Å². The van der Waals surface area contributed by atoms with Crippen molar-refractivity contribution in [3.63, 3.8) is 0 Å². The molecule has 1 heterocycles. The Hall–Kier alpha value is -3.93. The van der Waals surface area contributed by atoms with E-state index in [9.17, 15) is 18.0 Å². The molecule has 140 valence electrons. The van der Waals surface area contributed by atoms with Gasteiger partial charge >= 0.3 is 6.18 Å². The molecule has 2 N–H and O–H groups in total. The van der Waals surface area contributed by atoms with Crippen molar-refractivity contribution in [1.82, 2.24) is 9.97 Å². The summed E-state index contributed by atoms with van der Waals surface area (Å²) in [5.41, 5.74) is -0.100. The summed E-state index contributed by atoms with van der Waals surface area (Å²) in [5, 5.41) is 13.9. The normalized spacial score (nSPS) is 10.8. The Bertz CT molecular complexity index is 1030. The van der Waals surface area contributed by atoms with E-state index in [4.69, 9.17) is 5.26 Å². The Balaban J connectivity index is 1.71. The van der Waals surface area contributed by atoms with Gasteiger partial charge in [-0.15, -0.1) is 0 Å². The molecule has 6 nitrogen and oxygen atoms in total. The van der Waals surface area contributed by atoms with Crippen LogP contribution in [-0.2, 0) is 6.18 Å². The highest BCUT2D eigenvalue weighted by Gasteiger charge is 2.33. The average Bonchev–Trinajstić information content (AvgIpc) is 2.69. The Labute approximate surface area is 157 Å². The number of amides is 1. The van der Waals surface area contributed by atoms with Crippen LogP contribution in [0.3, 0.4) is 0 Å². The van der Waals surface area contributed by atoms with E-state index in [-0.39, 0.29) is 17.2 Å². The van der Waals surface area contributed by atoms with Crippen LogP contribution in [0, 0.1) is 11.3 Å². The molecule has 1 aromatic heterocycles. The zero-order valence-corrected chi connectivity index (χ0v) is 14.2. The first-order valence-corrected chi connectivity index (χ1v) is 7.93. The van der Waals surface area contributed by atoms with Crippen molar-refractivity contribution in [2.24, 2.45) is 0 Å². The molecule has 28 heavy (non-hydrogen) atoms. The van der Waals surface area contributed by atoms with Crippen LogP contribution in [0.4, 0.5) is 30.4 Å². The van der Waals surface area contributed by atoms with Gasteiger partial charge in [-0.05, 0) is 36.4 Å². The molecule has 0 fully saturated rings. The topological polar surface area (TPSA) is 90.7 Å². The van der Waals surface area contributed by atoms with Crippen LogP contribution < -0.4 is 10.6 Å². The predicted octanol–water partition coefficient (Wildman–Crippen LogP) is 4.36. The highest BCUT2D eigenvalue weighted by molar-refractivity contribution is 6.02. The van der Waals surface area contributed by atoms with E-state index >= 15 is 0 Å². The summed E-state index contributed by atoms with van der Waals surface area (Å²) in [5.74, 6) is -0.480. The second-order valence-electron chi connectivity index (χ2n) is 5.60. The third kappa shape index (κ3) is 4.42. The van der Waals surface area contributed by atoms with Crippen molar-refractivity contribution >= 4 is 23.1 Å². The summed E-state index contributed by atoms with van der Waals surface area (Å²) in [6.45, 7) is 0. The monoisotopic (exact) mass is 383 g/mol. The number of nitriles is 1. The van der Waals surface area contributed by atoms with Crippen molar-refractivity contribution < 1.29 is 18.0 Å². The maximum absolute atomic E-state index is 13.0. The van der Waals surface area contributed by atoms with Gasteiger partial charge in [-0.2, -0.15) is 18.4 Å². The highest BCUT2D eigenvalue weighted by atomic mass is 19.4. The van der Waals surface area contributed by atoms with Crippen molar-refractivity contribution in [3.05, 3.63) is 77.7 Å². The molecular formula is C19H12F3N5O. The second kappa shape index (κ2) is 7.75. The molecule has 0 spiro atoms. The second-order valence-corrected chi connectivity index (χ2v) is 5.60. The zero-order chi connectivity index (χ0) is 20.1. The standard InChI is InChI=1S/C19H12F3N5O/c20-19(21,22)14-3-1-2-4-15(14)27-17-11-24-16(10-25-17)18(28)26-13-7-5-12(9-23)6-8-13/h1-8,10-11H,(H,25,27)(H,26,28). The highest BCUT2D eigenvalue weighted by Crippen LogP contribution is 2.35. The summed E-state index contributed by atoms with van der Waals surface area (Å²) < 4.78 is 39.1. The van der Waals surface area contributed by atoms with Crippen LogP contribution in [0.25, 0.3) is 0 Å². The number of carbonyl (C=O) groups is 1. The summed E-state index contributed by atoms with van der Waals surface area (Å²) in [4.78, 5) is 20.0. The molecule has 0 bridgehead atoms. The first-order valence-electron chi connectivity index (χ1n) is 7.93. The minimum Gasteiger partial charge on any atom is -0.338 e. The lowest BCUT2D eigenvalue weighted by Gasteiger charge is -2.13. The van der Waals surface area contributed by atoms with Gasteiger partial charge in [0.05, 0.1) is 35.3 Å². The number of nitrogens with one attached hydrogen (secondary N) is 2. The molecule has 0 atom stereocenters. The van der Waals surface area contributed by atoms with Gasteiger partial charge in [0.15, 0.2) is 0 Å². The molecule has 0 saturated carbocycles. The van der Waals surface area contributed by atoms with Crippen molar-refractivity contribution in [2.45, 2.75) is 6.18 Å². The molecule has 0 aliphatic rings. The van der Waals surface area contributed by atoms with Crippen LogP contribution in [0.2, 0.25) is 0 Å². The minimum absolute atomic E-state index is 0.0148. The van der Waals surface area contributed by atoms with Gasteiger partial charge in [0, 0.05) is 5.69 Å². The van der Waals surface area contributed by atoms with E-state index in [0.29, 0.717) is 11.3 Å². The van der Waals surface area contributed by atoms with Crippen LogP contribution in [0.15, 0.2) is 60.9 Å². The Morgan fingerprint density at radius 2 is 1.71 bits per heavy atom. The van der Waals surface area contributed by atoms with Crippen molar-refractivity contribution in [3.8, 4) is 6.07 Å². The molecule has 9 heteroatoms. The minimum atomic E-state index is -4.52. The SMILES string of the molecule is N#Cc1ccc(NC(=O)c2cnc(Nc3ccccc3C(F)(F)F)cn2)cc1. The van der Waals surface area contributed by atoms with Crippen LogP contribution in [-0.4, -0.2) is 15.9 Å². The summed E-state index contributed by atoms with van der Waals surface area (Å²) in [6.07, 6.45) is -2.20.